The van der Waals surface area contributed by atoms with Gasteiger partial charge in [0.25, 0.3) is 5.91 Å². The Balaban J connectivity index is 1.60. The van der Waals surface area contributed by atoms with E-state index in [0.717, 1.165) is 5.69 Å². The number of aliphatic hydroxyl groups excluding tert-OH is 1. The molecule has 0 spiro atoms. The SMILES string of the molecule is Cc1[nH]c2ccc(F)cc2c1C(=O)Nc1ccc(N2CCC(O)CC2)c(C#N)c1. The molecule has 1 aliphatic heterocycles. The normalized spacial score (nSPS) is 14.8. The quantitative estimate of drug-likeness (QED) is 0.634. The van der Waals surface area contributed by atoms with E-state index < -0.39 is 5.82 Å². The predicted molar refractivity (Wildman–Crippen MR) is 110 cm³/mol. The third-order valence-electron chi connectivity index (χ3n) is 5.36. The van der Waals surface area contributed by atoms with Crippen LogP contribution >= 0.6 is 0 Å². The summed E-state index contributed by atoms with van der Waals surface area (Å²) >= 11 is 0. The number of fused-ring (bicyclic) bond motifs is 1. The maximum atomic E-state index is 13.7. The summed E-state index contributed by atoms with van der Waals surface area (Å²) in [5.74, 6) is -0.773. The molecular weight excluding hydrogens is 371 g/mol. The lowest BCUT2D eigenvalue weighted by atomic mass is 10.0. The Bertz CT molecular complexity index is 1120. The van der Waals surface area contributed by atoms with E-state index in [1.165, 1.54) is 12.1 Å². The molecule has 0 saturated carbocycles. The van der Waals surface area contributed by atoms with Gasteiger partial charge < -0.3 is 20.3 Å². The fraction of sp³-hybridized carbons (Fsp3) is 0.273. The summed E-state index contributed by atoms with van der Waals surface area (Å²) in [6.07, 6.45) is 1.04. The van der Waals surface area contributed by atoms with Crippen LogP contribution in [0.5, 0.6) is 0 Å². The number of H-pyrrole nitrogens is 1. The van der Waals surface area contributed by atoms with Gasteiger partial charge >= 0.3 is 0 Å². The molecular formula is C22H21FN4O2. The second-order valence-electron chi connectivity index (χ2n) is 7.33. The third kappa shape index (κ3) is 3.67. The van der Waals surface area contributed by atoms with E-state index in [1.807, 2.05) is 6.07 Å². The lowest BCUT2D eigenvalue weighted by Gasteiger charge is -2.32. The number of anilines is 2. The summed E-state index contributed by atoms with van der Waals surface area (Å²) in [6.45, 7) is 3.13. The minimum atomic E-state index is -0.409. The van der Waals surface area contributed by atoms with E-state index in [4.69, 9.17) is 0 Å². The van der Waals surface area contributed by atoms with Crippen molar-refractivity contribution >= 4 is 28.2 Å². The molecule has 1 aromatic heterocycles. The molecule has 3 N–H and O–H groups in total. The lowest BCUT2D eigenvalue weighted by Crippen LogP contribution is -2.36. The van der Waals surface area contributed by atoms with Gasteiger partial charge in [-0.2, -0.15) is 5.26 Å². The van der Waals surface area contributed by atoms with Crippen LogP contribution in [0.4, 0.5) is 15.8 Å². The highest BCUT2D eigenvalue weighted by molar-refractivity contribution is 6.14. The monoisotopic (exact) mass is 392 g/mol. The van der Waals surface area contributed by atoms with E-state index in [0.29, 0.717) is 59.3 Å². The average Bonchev–Trinajstić information content (AvgIpc) is 3.03. The number of rotatable bonds is 3. The predicted octanol–water partition coefficient (Wildman–Crippen LogP) is 3.70. The third-order valence-corrected chi connectivity index (χ3v) is 5.36. The van der Waals surface area contributed by atoms with Gasteiger partial charge in [0.05, 0.1) is 22.9 Å². The van der Waals surface area contributed by atoms with E-state index in [1.54, 1.807) is 25.1 Å². The van der Waals surface area contributed by atoms with Crippen molar-refractivity contribution in [3.8, 4) is 6.07 Å². The number of carbonyl (C=O) groups is 1. The Morgan fingerprint density at radius 3 is 2.76 bits per heavy atom. The van der Waals surface area contributed by atoms with Gasteiger partial charge in [-0.25, -0.2) is 4.39 Å². The number of nitrogens with one attached hydrogen (secondary N) is 2. The molecule has 0 radical (unpaired) electrons. The minimum absolute atomic E-state index is 0.292. The Morgan fingerprint density at radius 1 is 1.28 bits per heavy atom. The summed E-state index contributed by atoms with van der Waals surface area (Å²) in [5, 5.41) is 22.6. The van der Waals surface area contributed by atoms with E-state index in [9.17, 15) is 19.6 Å². The Labute approximate surface area is 167 Å². The highest BCUT2D eigenvalue weighted by Crippen LogP contribution is 2.28. The largest absolute Gasteiger partial charge is 0.393 e. The molecule has 2 aromatic carbocycles. The molecule has 4 rings (SSSR count). The Kier molecular flexibility index (Phi) is 4.95. The number of benzene rings is 2. The lowest BCUT2D eigenvalue weighted by molar-refractivity contribution is 0.102. The van der Waals surface area contributed by atoms with Crippen LogP contribution in [0.15, 0.2) is 36.4 Å². The standard InChI is InChI=1S/C22H21FN4O2/c1-13-21(18-11-15(23)2-4-19(18)25-13)22(29)26-16-3-5-20(14(10-16)12-24)27-8-6-17(28)7-9-27/h2-5,10-11,17,25,28H,6-9H2,1H3,(H,26,29). The second-order valence-corrected chi connectivity index (χ2v) is 7.33. The molecule has 0 atom stereocenters. The first kappa shape index (κ1) is 19.0. The van der Waals surface area contributed by atoms with Crippen molar-refractivity contribution in [1.29, 1.82) is 5.26 Å². The number of aromatic amines is 1. The number of carbonyl (C=O) groups excluding carboxylic acids is 1. The van der Waals surface area contributed by atoms with Crippen LogP contribution in [-0.2, 0) is 0 Å². The number of piperidine rings is 1. The highest BCUT2D eigenvalue weighted by Gasteiger charge is 2.21. The molecule has 7 heteroatoms. The number of hydrogen-bond donors (Lipinski definition) is 3. The van der Waals surface area contributed by atoms with Crippen LogP contribution in [0.3, 0.4) is 0 Å². The van der Waals surface area contributed by atoms with Crippen molar-refractivity contribution in [2.75, 3.05) is 23.3 Å². The number of aryl methyl sites for hydroxylation is 1. The molecule has 6 nitrogen and oxygen atoms in total. The number of aromatic nitrogens is 1. The van der Waals surface area contributed by atoms with Gasteiger partial charge in [0.2, 0.25) is 0 Å². The van der Waals surface area contributed by atoms with E-state index in [-0.39, 0.29) is 12.0 Å². The zero-order valence-corrected chi connectivity index (χ0v) is 16.0. The van der Waals surface area contributed by atoms with Gasteiger partial charge in [-0.15, -0.1) is 0 Å². The first-order valence-corrected chi connectivity index (χ1v) is 9.52. The molecule has 2 heterocycles. The maximum absolute atomic E-state index is 13.7. The second kappa shape index (κ2) is 7.57. The molecule has 29 heavy (non-hydrogen) atoms. The van der Waals surface area contributed by atoms with Gasteiger partial charge in [0, 0.05) is 35.4 Å². The highest BCUT2D eigenvalue weighted by atomic mass is 19.1. The smallest absolute Gasteiger partial charge is 0.258 e. The molecule has 1 aliphatic rings. The molecule has 0 bridgehead atoms. The van der Waals surface area contributed by atoms with Crippen molar-refractivity contribution in [2.45, 2.75) is 25.9 Å². The van der Waals surface area contributed by atoms with E-state index in [2.05, 4.69) is 21.3 Å². The van der Waals surface area contributed by atoms with Crippen LogP contribution in [0.25, 0.3) is 10.9 Å². The molecule has 1 saturated heterocycles. The molecule has 0 aliphatic carbocycles. The van der Waals surface area contributed by atoms with Crippen molar-refractivity contribution in [3.63, 3.8) is 0 Å². The van der Waals surface area contributed by atoms with Crippen molar-refractivity contribution < 1.29 is 14.3 Å². The van der Waals surface area contributed by atoms with Crippen LogP contribution in [-0.4, -0.2) is 35.2 Å². The van der Waals surface area contributed by atoms with Crippen LogP contribution < -0.4 is 10.2 Å². The van der Waals surface area contributed by atoms with Gasteiger partial charge in [-0.1, -0.05) is 0 Å². The average molecular weight is 392 g/mol. The Morgan fingerprint density at radius 2 is 2.03 bits per heavy atom. The zero-order valence-electron chi connectivity index (χ0n) is 16.0. The van der Waals surface area contributed by atoms with Gasteiger partial charge in [-0.05, 0) is 56.2 Å². The fourth-order valence-corrected chi connectivity index (χ4v) is 3.87. The minimum Gasteiger partial charge on any atom is -0.393 e. The maximum Gasteiger partial charge on any atom is 0.258 e. The zero-order chi connectivity index (χ0) is 20.5. The first-order valence-electron chi connectivity index (χ1n) is 9.52. The number of hydrogen-bond acceptors (Lipinski definition) is 4. The first-order chi connectivity index (χ1) is 14.0. The molecule has 1 fully saturated rings. The Hall–Kier alpha value is -3.37. The van der Waals surface area contributed by atoms with Crippen molar-refractivity contribution in [2.24, 2.45) is 0 Å². The number of nitriles is 1. The molecule has 148 valence electrons. The molecule has 3 aromatic rings. The topological polar surface area (TPSA) is 92.2 Å². The number of nitrogens with zero attached hydrogens (tertiary/aromatic N) is 2. The summed E-state index contributed by atoms with van der Waals surface area (Å²) in [7, 11) is 0. The van der Waals surface area contributed by atoms with Crippen LogP contribution in [0.1, 0.15) is 34.5 Å². The number of amides is 1. The summed E-state index contributed by atoms with van der Waals surface area (Å²) in [5.41, 5.74) is 3.47. The fourth-order valence-electron chi connectivity index (χ4n) is 3.87. The summed E-state index contributed by atoms with van der Waals surface area (Å²) in [6, 6.07) is 11.7. The van der Waals surface area contributed by atoms with Gasteiger partial charge in [0.15, 0.2) is 0 Å². The van der Waals surface area contributed by atoms with Crippen LogP contribution in [0.2, 0.25) is 0 Å². The summed E-state index contributed by atoms with van der Waals surface area (Å²) < 4.78 is 13.7. The van der Waals surface area contributed by atoms with Crippen molar-refractivity contribution in [3.05, 3.63) is 59.0 Å². The van der Waals surface area contributed by atoms with Gasteiger partial charge in [0.1, 0.15) is 11.9 Å². The summed E-state index contributed by atoms with van der Waals surface area (Å²) in [4.78, 5) is 18.0. The number of halogens is 1. The molecule has 1 amide bonds. The molecule has 0 unspecified atom stereocenters. The van der Waals surface area contributed by atoms with Gasteiger partial charge in [-0.3, -0.25) is 4.79 Å². The van der Waals surface area contributed by atoms with Crippen molar-refractivity contribution in [1.82, 2.24) is 4.98 Å². The number of aliphatic hydroxyl groups is 1. The van der Waals surface area contributed by atoms with Crippen LogP contribution in [0, 0.1) is 24.1 Å². The van der Waals surface area contributed by atoms with E-state index >= 15 is 0 Å².